The minimum absolute atomic E-state index is 0.0742. The van der Waals surface area contributed by atoms with E-state index in [-0.39, 0.29) is 18.0 Å². The maximum Gasteiger partial charge on any atom is 0.272 e. The van der Waals surface area contributed by atoms with Crippen molar-refractivity contribution >= 4 is 29.1 Å². The van der Waals surface area contributed by atoms with Gasteiger partial charge in [-0.1, -0.05) is 53.5 Å². The smallest absolute Gasteiger partial charge is 0.272 e. The highest BCUT2D eigenvalue weighted by Crippen LogP contribution is 2.32. The second-order valence-corrected chi connectivity index (χ2v) is 8.64. The van der Waals surface area contributed by atoms with Crippen LogP contribution >= 0.6 is 23.2 Å². The molecule has 1 aliphatic rings. The fraction of sp³-hybridized carbons (Fsp3) is 0.304. The highest BCUT2D eigenvalue weighted by Gasteiger charge is 2.26. The van der Waals surface area contributed by atoms with Crippen molar-refractivity contribution in [2.45, 2.75) is 44.7 Å². The molecular formula is C23H24Cl2N4O. The van der Waals surface area contributed by atoms with Crippen LogP contribution in [0.15, 0.2) is 48.5 Å². The average molecular weight is 443 g/mol. The van der Waals surface area contributed by atoms with Gasteiger partial charge in [0.2, 0.25) is 0 Å². The van der Waals surface area contributed by atoms with Crippen LogP contribution in [-0.2, 0) is 0 Å². The molecule has 7 heteroatoms. The van der Waals surface area contributed by atoms with Crippen molar-refractivity contribution in [3.8, 4) is 16.9 Å². The Morgan fingerprint density at radius 1 is 1.17 bits per heavy atom. The summed E-state index contributed by atoms with van der Waals surface area (Å²) in [5.74, 6) is -0.187. The second kappa shape index (κ2) is 8.80. The van der Waals surface area contributed by atoms with Crippen LogP contribution in [0.5, 0.6) is 0 Å². The normalized spacial score (nSPS) is 18.9. The Balaban J connectivity index is 1.77. The molecule has 0 spiro atoms. The molecule has 0 bridgehead atoms. The van der Waals surface area contributed by atoms with E-state index in [0.717, 1.165) is 42.5 Å². The molecule has 4 rings (SSSR count). The van der Waals surface area contributed by atoms with Gasteiger partial charge in [0.05, 0.1) is 16.4 Å². The van der Waals surface area contributed by atoms with E-state index >= 15 is 0 Å². The van der Waals surface area contributed by atoms with Crippen LogP contribution in [0.3, 0.4) is 0 Å². The summed E-state index contributed by atoms with van der Waals surface area (Å²) in [5, 5.41) is 8.81. The van der Waals surface area contributed by atoms with E-state index in [0.29, 0.717) is 21.4 Å². The van der Waals surface area contributed by atoms with Crippen LogP contribution < -0.4 is 11.1 Å². The Bertz CT molecular complexity index is 1060. The summed E-state index contributed by atoms with van der Waals surface area (Å²) in [6.45, 7) is 1.91. The van der Waals surface area contributed by atoms with Gasteiger partial charge >= 0.3 is 0 Å². The fourth-order valence-electron chi connectivity index (χ4n) is 4.09. The van der Waals surface area contributed by atoms with Gasteiger partial charge in [-0.05, 0) is 50.8 Å². The van der Waals surface area contributed by atoms with E-state index in [1.165, 1.54) is 0 Å². The lowest BCUT2D eigenvalue weighted by Crippen LogP contribution is -2.42. The lowest BCUT2D eigenvalue weighted by atomic mass is 9.91. The lowest BCUT2D eigenvalue weighted by Gasteiger charge is -2.27. The average Bonchev–Trinajstić information content (AvgIpc) is 3.05. The van der Waals surface area contributed by atoms with Gasteiger partial charge in [0.1, 0.15) is 0 Å². The van der Waals surface area contributed by atoms with Gasteiger partial charge < -0.3 is 11.1 Å². The van der Waals surface area contributed by atoms with E-state index in [1.54, 1.807) is 16.8 Å². The molecule has 1 heterocycles. The standard InChI is InChI=1S/C23H24Cl2N4O/c1-14-21(23(30)27-18-9-5-8-17(26)13-18)28-29(20-11-10-16(24)12-19(20)25)22(14)15-6-3-2-4-7-15/h2-4,6-7,10-12,17-18H,5,8-9,13,26H2,1H3,(H,27,30)/t17-,18+/m1/s1. The summed E-state index contributed by atoms with van der Waals surface area (Å²) < 4.78 is 1.73. The van der Waals surface area contributed by atoms with Gasteiger partial charge in [-0.2, -0.15) is 5.10 Å². The first-order valence-corrected chi connectivity index (χ1v) is 10.9. The van der Waals surface area contributed by atoms with E-state index in [9.17, 15) is 4.79 Å². The number of nitrogens with two attached hydrogens (primary N) is 1. The zero-order valence-electron chi connectivity index (χ0n) is 16.7. The maximum atomic E-state index is 13.1. The molecule has 0 saturated heterocycles. The number of amides is 1. The topological polar surface area (TPSA) is 72.9 Å². The molecule has 1 aromatic heterocycles. The van der Waals surface area contributed by atoms with Gasteiger partial charge in [0, 0.05) is 28.2 Å². The largest absolute Gasteiger partial charge is 0.348 e. The third kappa shape index (κ3) is 4.24. The zero-order valence-corrected chi connectivity index (χ0v) is 18.2. The third-order valence-corrected chi connectivity index (χ3v) is 6.11. The van der Waals surface area contributed by atoms with Crippen LogP contribution in [0.1, 0.15) is 41.7 Å². The Kier molecular flexibility index (Phi) is 6.14. The van der Waals surface area contributed by atoms with Crippen LogP contribution in [-0.4, -0.2) is 27.8 Å². The molecule has 156 valence electrons. The van der Waals surface area contributed by atoms with E-state index in [4.69, 9.17) is 28.9 Å². The third-order valence-electron chi connectivity index (χ3n) is 5.57. The number of hydrogen-bond donors (Lipinski definition) is 2. The molecule has 3 aromatic rings. The minimum atomic E-state index is -0.187. The van der Waals surface area contributed by atoms with Gasteiger partial charge in [0.25, 0.3) is 5.91 Å². The number of benzene rings is 2. The summed E-state index contributed by atoms with van der Waals surface area (Å²) in [5.41, 5.74) is 9.71. The molecule has 0 radical (unpaired) electrons. The monoisotopic (exact) mass is 442 g/mol. The highest BCUT2D eigenvalue weighted by atomic mass is 35.5. The number of carbonyl (C=O) groups excluding carboxylic acids is 1. The van der Waals surface area contributed by atoms with Crippen molar-refractivity contribution in [3.63, 3.8) is 0 Å². The molecule has 30 heavy (non-hydrogen) atoms. The first-order chi connectivity index (χ1) is 14.4. The summed E-state index contributed by atoms with van der Waals surface area (Å²) in [6, 6.07) is 15.3. The number of aromatic nitrogens is 2. The summed E-state index contributed by atoms with van der Waals surface area (Å²) in [4.78, 5) is 13.1. The molecule has 3 N–H and O–H groups in total. The quantitative estimate of drug-likeness (QED) is 0.586. The fourth-order valence-corrected chi connectivity index (χ4v) is 4.57. The molecular weight excluding hydrogens is 419 g/mol. The number of nitrogens with one attached hydrogen (secondary N) is 1. The molecule has 5 nitrogen and oxygen atoms in total. The molecule has 1 saturated carbocycles. The van der Waals surface area contributed by atoms with Crippen molar-refractivity contribution in [1.82, 2.24) is 15.1 Å². The van der Waals surface area contributed by atoms with Crippen molar-refractivity contribution < 1.29 is 4.79 Å². The van der Waals surface area contributed by atoms with Gasteiger partial charge in [-0.3, -0.25) is 4.79 Å². The van der Waals surface area contributed by atoms with Gasteiger partial charge in [-0.15, -0.1) is 0 Å². The minimum Gasteiger partial charge on any atom is -0.348 e. The number of hydrogen-bond acceptors (Lipinski definition) is 3. The number of nitrogens with zero attached hydrogens (tertiary/aromatic N) is 2. The Morgan fingerprint density at radius 2 is 1.93 bits per heavy atom. The Hall–Kier alpha value is -2.34. The zero-order chi connectivity index (χ0) is 21.3. The summed E-state index contributed by atoms with van der Waals surface area (Å²) in [7, 11) is 0. The van der Waals surface area contributed by atoms with Gasteiger partial charge in [0.15, 0.2) is 5.69 Å². The van der Waals surface area contributed by atoms with Crippen molar-refractivity contribution in [1.29, 1.82) is 0 Å². The van der Waals surface area contributed by atoms with Gasteiger partial charge in [-0.25, -0.2) is 4.68 Å². The van der Waals surface area contributed by atoms with Crippen LogP contribution in [0, 0.1) is 6.92 Å². The van der Waals surface area contributed by atoms with E-state index in [2.05, 4.69) is 10.4 Å². The van der Waals surface area contributed by atoms with Crippen molar-refractivity contribution in [2.24, 2.45) is 5.73 Å². The molecule has 1 amide bonds. The molecule has 2 atom stereocenters. The number of halogens is 2. The maximum absolute atomic E-state index is 13.1. The lowest BCUT2D eigenvalue weighted by molar-refractivity contribution is 0.0919. The van der Waals surface area contributed by atoms with Crippen LogP contribution in [0.2, 0.25) is 10.0 Å². The van der Waals surface area contributed by atoms with Crippen LogP contribution in [0.4, 0.5) is 0 Å². The Morgan fingerprint density at radius 3 is 2.63 bits per heavy atom. The Labute approximate surface area is 186 Å². The van der Waals surface area contributed by atoms with Crippen molar-refractivity contribution in [3.05, 3.63) is 69.8 Å². The highest BCUT2D eigenvalue weighted by molar-refractivity contribution is 6.35. The first-order valence-electron chi connectivity index (χ1n) is 10.1. The molecule has 2 aromatic carbocycles. The van der Waals surface area contributed by atoms with E-state index in [1.807, 2.05) is 43.3 Å². The predicted octanol–water partition coefficient (Wildman–Crippen LogP) is 5.15. The molecule has 0 aliphatic heterocycles. The predicted molar refractivity (Wildman–Crippen MR) is 121 cm³/mol. The van der Waals surface area contributed by atoms with Crippen molar-refractivity contribution in [2.75, 3.05) is 0 Å². The number of carbonyl (C=O) groups is 1. The van der Waals surface area contributed by atoms with Crippen LogP contribution in [0.25, 0.3) is 16.9 Å². The molecule has 0 unspecified atom stereocenters. The summed E-state index contributed by atoms with van der Waals surface area (Å²) in [6.07, 6.45) is 3.76. The molecule has 1 aliphatic carbocycles. The first kappa shape index (κ1) is 20.9. The second-order valence-electron chi connectivity index (χ2n) is 7.79. The summed E-state index contributed by atoms with van der Waals surface area (Å²) >= 11 is 12.6. The SMILES string of the molecule is Cc1c(C(=O)N[C@H]2CCC[C@@H](N)C2)nn(-c2ccc(Cl)cc2Cl)c1-c1ccccc1. The van der Waals surface area contributed by atoms with E-state index < -0.39 is 0 Å². The molecule has 1 fully saturated rings. The number of rotatable bonds is 4.